The van der Waals surface area contributed by atoms with Gasteiger partial charge in [0.05, 0.1) is 5.60 Å². The summed E-state index contributed by atoms with van der Waals surface area (Å²) in [4.78, 5) is 0. The van der Waals surface area contributed by atoms with Crippen LogP contribution in [0.15, 0.2) is 12.2 Å². The molecule has 2 heteroatoms. The summed E-state index contributed by atoms with van der Waals surface area (Å²) in [5, 5.41) is 9.38. The maximum absolute atomic E-state index is 9.38. The second kappa shape index (κ2) is 2.07. The predicted molar refractivity (Wildman–Crippen MR) is 39.8 cm³/mol. The molecule has 1 aliphatic rings. The average molecular weight is 142 g/mol. The first-order chi connectivity index (χ1) is 4.45. The highest BCUT2D eigenvalue weighted by Gasteiger charge is 2.52. The summed E-state index contributed by atoms with van der Waals surface area (Å²) < 4.78 is 5.22. The normalized spacial score (nSPS) is 31.4. The second-order valence-corrected chi connectivity index (χ2v) is 3.43. The molecule has 1 fully saturated rings. The van der Waals surface area contributed by atoms with Crippen LogP contribution in [0.2, 0.25) is 0 Å². The predicted octanol–water partition coefficient (Wildman–Crippen LogP) is 1.10. The molecule has 0 unspecified atom stereocenters. The molecule has 1 aliphatic heterocycles. The summed E-state index contributed by atoms with van der Waals surface area (Å²) in [5.41, 5.74) is 0.633. The molecule has 10 heavy (non-hydrogen) atoms. The van der Waals surface area contributed by atoms with Crippen LogP contribution in [0, 0.1) is 0 Å². The number of hydrogen-bond acceptors (Lipinski definition) is 2. The van der Waals surface area contributed by atoms with Crippen molar-refractivity contribution in [3.8, 4) is 0 Å². The minimum atomic E-state index is -0.491. The van der Waals surface area contributed by atoms with Crippen molar-refractivity contribution in [1.29, 1.82) is 0 Å². The summed E-state index contributed by atoms with van der Waals surface area (Å²) >= 11 is 0. The first-order valence-corrected chi connectivity index (χ1v) is 3.46. The topological polar surface area (TPSA) is 32.8 Å². The highest BCUT2D eigenvalue weighted by molar-refractivity contribution is 5.11. The summed E-state index contributed by atoms with van der Waals surface area (Å²) in [6.07, 6.45) is -0.528. The Kier molecular flexibility index (Phi) is 1.61. The number of aliphatic hydroxyl groups excluding tert-OH is 1. The number of aliphatic hydroxyl groups is 1. The van der Waals surface area contributed by atoms with E-state index < -0.39 is 6.10 Å². The molecule has 1 heterocycles. The van der Waals surface area contributed by atoms with Crippen LogP contribution in [0.25, 0.3) is 0 Å². The maximum Gasteiger partial charge on any atom is 0.116 e. The van der Waals surface area contributed by atoms with Crippen molar-refractivity contribution in [1.82, 2.24) is 0 Å². The Labute approximate surface area is 61.5 Å². The van der Waals surface area contributed by atoms with E-state index in [4.69, 9.17) is 4.74 Å². The average Bonchev–Trinajstić information content (AvgIpc) is 2.38. The van der Waals surface area contributed by atoms with E-state index >= 15 is 0 Å². The number of epoxide rings is 1. The molecule has 0 amide bonds. The molecule has 0 aromatic carbocycles. The second-order valence-electron chi connectivity index (χ2n) is 3.43. The van der Waals surface area contributed by atoms with Crippen LogP contribution >= 0.6 is 0 Å². The standard InChI is InChI=1S/C8H14O2/c1-5(2)6(9)7-8(3,4)10-7/h6-7,9H,1H2,2-4H3/t6-,7+/m0/s1. The van der Waals surface area contributed by atoms with Gasteiger partial charge in [-0.25, -0.2) is 0 Å². The highest BCUT2D eigenvalue weighted by atomic mass is 16.6. The van der Waals surface area contributed by atoms with Crippen molar-refractivity contribution >= 4 is 0 Å². The molecule has 2 atom stereocenters. The Hall–Kier alpha value is -0.340. The Bertz CT molecular complexity index is 161. The minimum Gasteiger partial charge on any atom is -0.386 e. The van der Waals surface area contributed by atoms with Crippen molar-refractivity contribution in [2.45, 2.75) is 38.6 Å². The molecule has 2 nitrogen and oxygen atoms in total. The van der Waals surface area contributed by atoms with Crippen molar-refractivity contribution in [2.24, 2.45) is 0 Å². The van der Waals surface area contributed by atoms with Gasteiger partial charge < -0.3 is 9.84 Å². The van der Waals surface area contributed by atoms with E-state index in [1.165, 1.54) is 0 Å². The van der Waals surface area contributed by atoms with Crippen LogP contribution in [0.5, 0.6) is 0 Å². The molecule has 1 saturated heterocycles. The lowest BCUT2D eigenvalue weighted by Gasteiger charge is -2.06. The van der Waals surface area contributed by atoms with Crippen molar-refractivity contribution in [2.75, 3.05) is 0 Å². The van der Waals surface area contributed by atoms with Gasteiger partial charge in [-0.15, -0.1) is 0 Å². The molecule has 0 aliphatic carbocycles. The first kappa shape index (κ1) is 7.76. The van der Waals surface area contributed by atoms with Crippen LogP contribution in [0.4, 0.5) is 0 Å². The summed E-state index contributed by atoms with van der Waals surface area (Å²) in [7, 11) is 0. The third-order valence-electron chi connectivity index (χ3n) is 1.85. The molecule has 0 aromatic rings. The van der Waals surface area contributed by atoms with Gasteiger partial charge in [0, 0.05) is 0 Å². The quantitative estimate of drug-likeness (QED) is 0.462. The van der Waals surface area contributed by atoms with E-state index in [1.807, 2.05) is 20.8 Å². The lowest BCUT2D eigenvalue weighted by atomic mass is 10.0. The van der Waals surface area contributed by atoms with Crippen molar-refractivity contribution in [3.63, 3.8) is 0 Å². The van der Waals surface area contributed by atoms with Gasteiger partial charge in [-0.3, -0.25) is 0 Å². The monoisotopic (exact) mass is 142 g/mol. The number of hydrogen-bond donors (Lipinski definition) is 1. The number of ether oxygens (including phenoxy) is 1. The molecule has 58 valence electrons. The molecule has 0 spiro atoms. The summed E-state index contributed by atoms with van der Waals surface area (Å²) in [6.45, 7) is 9.38. The zero-order chi connectivity index (χ0) is 7.94. The Morgan fingerprint density at radius 2 is 2.10 bits per heavy atom. The zero-order valence-corrected chi connectivity index (χ0v) is 6.72. The van der Waals surface area contributed by atoms with Crippen LogP contribution in [-0.4, -0.2) is 22.9 Å². The van der Waals surface area contributed by atoms with Gasteiger partial charge in [-0.2, -0.15) is 0 Å². The zero-order valence-electron chi connectivity index (χ0n) is 6.72. The molecule has 0 radical (unpaired) electrons. The van der Waals surface area contributed by atoms with Gasteiger partial charge in [0.1, 0.15) is 12.2 Å². The highest BCUT2D eigenvalue weighted by Crippen LogP contribution is 2.39. The van der Waals surface area contributed by atoms with E-state index in [0.29, 0.717) is 0 Å². The maximum atomic E-state index is 9.38. The van der Waals surface area contributed by atoms with E-state index in [1.54, 1.807) is 0 Å². The molecule has 1 rings (SSSR count). The summed E-state index contributed by atoms with van der Waals surface area (Å²) in [5.74, 6) is 0. The van der Waals surface area contributed by atoms with E-state index in [9.17, 15) is 5.11 Å². The van der Waals surface area contributed by atoms with Gasteiger partial charge in [-0.05, 0) is 26.3 Å². The van der Waals surface area contributed by atoms with Gasteiger partial charge in [0.25, 0.3) is 0 Å². The molecule has 0 aromatic heterocycles. The van der Waals surface area contributed by atoms with Crippen LogP contribution < -0.4 is 0 Å². The number of rotatable bonds is 2. The fourth-order valence-corrected chi connectivity index (χ4v) is 0.996. The van der Waals surface area contributed by atoms with E-state index in [-0.39, 0.29) is 11.7 Å². The molecule has 0 bridgehead atoms. The fourth-order valence-electron chi connectivity index (χ4n) is 0.996. The van der Waals surface area contributed by atoms with E-state index in [2.05, 4.69) is 6.58 Å². The lowest BCUT2D eigenvalue weighted by molar-refractivity contribution is 0.167. The Balaban J connectivity index is 2.47. The largest absolute Gasteiger partial charge is 0.386 e. The molecular formula is C8H14O2. The fraction of sp³-hybridized carbons (Fsp3) is 0.750. The molecular weight excluding hydrogens is 128 g/mol. The Morgan fingerprint density at radius 1 is 1.70 bits per heavy atom. The van der Waals surface area contributed by atoms with Crippen LogP contribution in [-0.2, 0) is 4.74 Å². The SMILES string of the molecule is C=C(C)[C@H](O)[C@H]1OC1(C)C. The van der Waals surface area contributed by atoms with Crippen molar-refractivity contribution < 1.29 is 9.84 Å². The van der Waals surface area contributed by atoms with Crippen LogP contribution in [0.1, 0.15) is 20.8 Å². The van der Waals surface area contributed by atoms with Gasteiger partial charge in [0.15, 0.2) is 0 Å². The smallest absolute Gasteiger partial charge is 0.116 e. The summed E-state index contributed by atoms with van der Waals surface area (Å²) in [6, 6.07) is 0. The molecule has 0 saturated carbocycles. The molecule has 1 N–H and O–H groups in total. The first-order valence-electron chi connectivity index (χ1n) is 3.46. The van der Waals surface area contributed by atoms with Crippen LogP contribution in [0.3, 0.4) is 0 Å². The van der Waals surface area contributed by atoms with Crippen molar-refractivity contribution in [3.05, 3.63) is 12.2 Å². The third kappa shape index (κ3) is 1.22. The van der Waals surface area contributed by atoms with Gasteiger partial charge in [-0.1, -0.05) is 6.58 Å². The lowest BCUT2D eigenvalue weighted by Crippen LogP contribution is -2.20. The minimum absolute atomic E-state index is 0.0370. The Morgan fingerprint density at radius 3 is 2.20 bits per heavy atom. The van der Waals surface area contributed by atoms with Gasteiger partial charge in [0.2, 0.25) is 0 Å². The van der Waals surface area contributed by atoms with Gasteiger partial charge >= 0.3 is 0 Å². The third-order valence-corrected chi connectivity index (χ3v) is 1.85. The van der Waals surface area contributed by atoms with E-state index in [0.717, 1.165) is 5.57 Å².